The molecule has 0 saturated heterocycles. The molecule has 0 heterocycles. The quantitative estimate of drug-likeness (QED) is 0.743. The molecule has 0 atom stereocenters. The summed E-state index contributed by atoms with van der Waals surface area (Å²) in [7, 11) is 1.84. The lowest BCUT2D eigenvalue weighted by atomic mass is 9.96. The zero-order valence-electron chi connectivity index (χ0n) is 11.9. The second kappa shape index (κ2) is 5.54. The molecule has 3 aromatic carbocycles. The molecule has 0 amide bonds. The van der Waals surface area contributed by atoms with Crippen LogP contribution in [0.15, 0.2) is 54.6 Å². The van der Waals surface area contributed by atoms with Crippen molar-refractivity contribution >= 4 is 27.5 Å². The SMILES string of the molecule is CN(CC(=O)O)Cc1c2ccccc2cc2ccccc12. The maximum absolute atomic E-state index is 10.9. The van der Waals surface area contributed by atoms with Crippen LogP contribution in [-0.2, 0) is 11.3 Å². The van der Waals surface area contributed by atoms with Crippen molar-refractivity contribution in [3.05, 3.63) is 60.2 Å². The lowest BCUT2D eigenvalue weighted by Crippen LogP contribution is -2.25. The molecule has 0 bridgehead atoms. The van der Waals surface area contributed by atoms with E-state index >= 15 is 0 Å². The number of fused-ring (bicyclic) bond motifs is 2. The van der Waals surface area contributed by atoms with Crippen LogP contribution in [0.25, 0.3) is 21.5 Å². The molecule has 1 N–H and O–H groups in total. The van der Waals surface area contributed by atoms with Crippen molar-refractivity contribution in [2.45, 2.75) is 6.54 Å². The van der Waals surface area contributed by atoms with Crippen molar-refractivity contribution in [2.75, 3.05) is 13.6 Å². The third-order valence-corrected chi connectivity index (χ3v) is 3.72. The molecule has 0 fully saturated rings. The number of carboxylic acid groups (broad SMARTS) is 1. The summed E-state index contributed by atoms with van der Waals surface area (Å²) >= 11 is 0. The molecule has 0 spiro atoms. The van der Waals surface area contributed by atoms with Gasteiger partial charge in [-0.15, -0.1) is 0 Å². The number of hydrogen-bond acceptors (Lipinski definition) is 2. The number of likely N-dealkylation sites (N-methyl/N-ethyl adjacent to an activating group) is 1. The van der Waals surface area contributed by atoms with E-state index in [1.165, 1.54) is 27.1 Å². The summed E-state index contributed by atoms with van der Waals surface area (Å²) in [5.74, 6) is -0.804. The van der Waals surface area contributed by atoms with Crippen molar-refractivity contribution < 1.29 is 9.90 Å². The molecule has 0 aromatic heterocycles. The van der Waals surface area contributed by atoms with Gasteiger partial charge in [0, 0.05) is 6.54 Å². The Morgan fingerprint density at radius 3 is 2.05 bits per heavy atom. The summed E-state index contributed by atoms with van der Waals surface area (Å²) in [4.78, 5) is 12.7. The van der Waals surface area contributed by atoms with Gasteiger partial charge in [0.05, 0.1) is 6.54 Å². The van der Waals surface area contributed by atoms with Crippen LogP contribution in [0, 0.1) is 0 Å². The molecule has 0 aliphatic rings. The first-order chi connectivity index (χ1) is 10.1. The third kappa shape index (κ3) is 2.73. The van der Waals surface area contributed by atoms with Gasteiger partial charge in [0.15, 0.2) is 0 Å². The number of rotatable bonds is 4. The number of benzene rings is 3. The Kier molecular flexibility index (Phi) is 3.59. The normalized spacial score (nSPS) is 11.3. The predicted octanol–water partition coefficient (Wildman–Crippen LogP) is 3.51. The lowest BCUT2D eigenvalue weighted by molar-refractivity contribution is -0.138. The highest BCUT2D eigenvalue weighted by Gasteiger charge is 2.11. The van der Waals surface area contributed by atoms with Gasteiger partial charge in [-0.2, -0.15) is 0 Å². The predicted molar refractivity (Wildman–Crippen MR) is 85.4 cm³/mol. The maximum Gasteiger partial charge on any atom is 0.317 e. The molecular weight excluding hydrogens is 262 g/mol. The highest BCUT2D eigenvalue weighted by atomic mass is 16.4. The number of carbonyl (C=O) groups is 1. The molecule has 3 aromatic rings. The van der Waals surface area contributed by atoms with E-state index in [0.29, 0.717) is 6.54 Å². The Morgan fingerprint density at radius 1 is 1.00 bits per heavy atom. The van der Waals surface area contributed by atoms with E-state index in [-0.39, 0.29) is 6.54 Å². The van der Waals surface area contributed by atoms with Crippen LogP contribution in [0.1, 0.15) is 5.56 Å². The second-order valence-corrected chi connectivity index (χ2v) is 5.36. The van der Waals surface area contributed by atoms with Crippen LogP contribution in [0.4, 0.5) is 0 Å². The molecule has 21 heavy (non-hydrogen) atoms. The largest absolute Gasteiger partial charge is 0.480 e. The van der Waals surface area contributed by atoms with E-state index in [9.17, 15) is 4.79 Å². The van der Waals surface area contributed by atoms with Crippen LogP contribution in [0.5, 0.6) is 0 Å². The molecule has 3 nitrogen and oxygen atoms in total. The van der Waals surface area contributed by atoms with Gasteiger partial charge in [0.2, 0.25) is 0 Å². The van der Waals surface area contributed by atoms with Gasteiger partial charge in [-0.3, -0.25) is 9.69 Å². The topological polar surface area (TPSA) is 40.5 Å². The minimum absolute atomic E-state index is 0.0392. The van der Waals surface area contributed by atoms with Gasteiger partial charge in [-0.05, 0) is 40.2 Å². The summed E-state index contributed by atoms with van der Waals surface area (Å²) < 4.78 is 0. The van der Waals surface area contributed by atoms with Gasteiger partial charge in [0.1, 0.15) is 0 Å². The average molecular weight is 279 g/mol. The van der Waals surface area contributed by atoms with E-state index in [4.69, 9.17) is 5.11 Å². The van der Waals surface area contributed by atoms with Crippen molar-refractivity contribution in [3.63, 3.8) is 0 Å². The molecule has 0 aliphatic carbocycles. The zero-order valence-corrected chi connectivity index (χ0v) is 11.9. The lowest BCUT2D eigenvalue weighted by Gasteiger charge is -2.18. The highest BCUT2D eigenvalue weighted by Crippen LogP contribution is 2.29. The molecule has 0 aliphatic heterocycles. The Labute approximate surface area is 123 Å². The number of nitrogens with zero attached hydrogens (tertiary/aromatic N) is 1. The first-order valence-corrected chi connectivity index (χ1v) is 6.95. The molecule has 0 unspecified atom stereocenters. The van der Waals surface area contributed by atoms with Crippen molar-refractivity contribution in [1.82, 2.24) is 4.90 Å². The Hall–Kier alpha value is -2.39. The van der Waals surface area contributed by atoms with Crippen LogP contribution in [-0.4, -0.2) is 29.6 Å². The fraction of sp³-hybridized carbons (Fsp3) is 0.167. The molecule has 3 heteroatoms. The monoisotopic (exact) mass is 279 g/mol. The summed E-state index contributed by atoms with van der Waals surface area (Å²) in [5.41, 5.74) is 1.19. The van der Waals surface area contributed by atoms with E-state index in [1.807, 2.05) is 36.2 Å². The molecule has 0 radical (unpaired) electrons. The minimum Gasteiger partial charge on any atom is -0.480 e. The van der Waals surface area contributed by atoms with Crippen molar-refractivity contribution in [2.24, 2.45) is 0 Å². The first-order valence-electron chi connectivity index (χ1n) is 6.95. The number of hydrogen-bond donors (Lipinski definition) is 1. The third-order valence-electron chi connectivity index (χ3n) is 3.72. The fourth-order valence-electron chi connectivity index (χ4n) is 2.84. The van der Waals surface area contributed by atoms with Gasteiger partial charge in [-0.25, -0.2) is 0 Å². The van der Waals surface area contributed by atoms with Crippen LogP contribution in [0.3, 0.4) is 0 Å². The standard InChI is InChI=1S/C18H17NO2/c1-19(12-18(20)21)11-17-15-8-4-2-6-13(15)10-14-7-3-5-9-16(14)17/h2-10H,11-12H2,1H3,(H,20,21). The van der Waals surface area contributed by atoms with Crippen molar-refractivity contribution in [1.29, 1.82) is 0 Å². The van der Waals surface area contributed by atoms with Gasteiger partial charge < -0.3 is 5.11 Å². The molecule has 0 saturated carbocycles. The molecule has 3 rings (SSSR count). The van der Waals surface area contributed by atoms with E-state index in [1.54, 1.807) is 0 Å². The van der Waals surface area contributed by atoms with Gasteiger partial charge >= 0.3 is 5.97 Å². The number of aliphatic carboxylic acids is 1. The van der Waals surface area contributed by atoms with Crippen LogP contribution < -0.4 is 0 Å². The Morgan fingerprint density at radius 2 is 1.52 bits per heavy atom. The Balaban J connectivity index is 2.18. The average Bonchev–Trinajstić information content (AvgIpc) is 2.46. The molecule has 106 valence electrons. The maximum atomic E-state index is 10.9. The minimum atomic E-state index is -0.804. The van der Waals surface area contributed by atoms with E-state index in [0.717, 1.165) is 0 Å². The van der Waals surface area contributed by atoms with Crippen LogP contribution >= 0.6 is 0 Å². The summed E-state index contributed by atoms with van der Waals surface area (Å²) in [6, 6.07) is 18.7. The van der Waals surface area contributed by atoms with E-state index < -0.39 is 5.97 Å². The zero-order chi connectivity index (χ0) is 14.8. The summed E-state index contributed by atoms with van der Waals surface area (Å²) in [6.45, 7) is 0.658. The first kappa shape index (κ1) is 13.6. The van der Waals surface area contributed by atoms with Crippen LogP contribution in [0.2, 0.25) is 0 Å². The van der Waals surface area contributed by atoms with Crippen molar-refractivity contribution in [3.8, 4) is 0 Å². The summed E-state index contributed by atoms with van der Waals surface area (Å²) in [6.07, 6.45) is 0. The second-order valence-electron chi connectivity index (χ2n) is 5.36. The van der Waals surface area contributed by atoms with E-state index in [2.05, 4.69) is 30.3 Å². The number of carboxylic acids is 1. The van der Waals surface area contributed by atoms with Gasteiger partial charge in [0.25, 0.3) is 0 Å². The summed E-state index contributed by atoms with van der Waals surface area (Å²) in [5, 5.41) is 13.7. The van der Waals surface area contributed by atoms with Gasteiger partial charge in [-0.1, -0.05) is 48.5 Å². The smallest absolute Gasteiger partial charge is 0.317 e. The molecular formula is C18H17NO2. The fourth-order valence-corrected chi connectivity index (χ4v) is 2.84. The Bertz CT molecular complexity index is 757. The highest BCUT2D eigenvalue weighted by molar-refractivity contribution is 6.02.